The smallest absolute Gasteiger partial charge is 0.272 e. The summed E-state index contributed by atoms with van der Waals surface area (Å²) < 4.78 is 10.9. The molecule has 0 bridgehead atoms. The van der Waals surface area contributed by atoms with Crippen LogP contribution in [0.1, 0.15) is 23.7 Å². The molecule has 3 rings (SSSR count). The van der Waals surface area contributed by atoms with Gasteiger partial charge in [0.25, 0.3) is 5.91 Å². The lowest BCUT2D eigenvalue weighted by Gasteiger charge is -2.19. The summed E-state index contributed by atoms with van der Waals surface area (Å²) in [4.78, 5) is 24.3. The maximum Gasteiger partial charge on any atom is 0.272 e. The molecule has 0 unspecified atom stereocenters. The molecule has 146 valence electrons. The molecule has 0 aliphatic carbocycles. The monoisotopic (exact) mass is 421 g/mol. The SMILES string of the molecule is C/C(CC(=O)Nc1ccc2c(c1)OCCO2)=N/NC(=O)c1ccc(Cl)cc1Cl. The minimum atomic E-state index is -0.492. The topological polar surface area (TPSA) is 89.0 Å². The third-order valence-electron chi connectivity index (χ3n) is 3.77. The first kappa shape index (κ1) is 20.0. The number of hydrogen-bond donors (Lipinski definition) is 2. The number of anilines is 1. The Hall–Kier alpha value is -2.77. The number of hydrogen-bond acceptors (Lipinski definition) is 5. The standard InChI is InChI=1S/C19H17Cl2N3O4/c1-11(23-24-19(26)14-4-2-12(20)9-15(14)21)8-18(25)22-13-3-5-16-17(10-13)28-7-6-27-16/h2-5,9-10H,6-8H2,1H3,(H,22,25)(H,24,26)/b23-11-. The molecular weight excluding hydrogens is 405 g/mol. The summed E-state index contributed by atoms with van der Waals surface area (Å²) in [7, 11) is 0. The van der Waals surface area contributed by atoms with E-state index in [4.69, 9.17) is 32.7 Å². The minimum absolute atomic E-state index is 0.00305. The second-order valence-corrected chi connectivity index (χ2v) is 6.84. The molecule has 0 atom stereocenters. The van der Waals surface area contributed by atoms with Gasteiger partial charge < -0.3 is 14.8 Å². The fraction of sp³-hybridized carbons (Fsp3) is 0.211. The zero-order chi connectivity index (χ0) is 20.1. The van der Waals surface area contributed by atoms with Gasteiger partial charge in [0, 0.05) is 22.5 Å². The Morgan fingerprint density at radius 2 is 1.82 bits per heavy atom. The van der Waals surface area contributed by atoms with Crippen LogP contribution in [0.15, 0.2) is 41.5 Å². The predicted molar refractivity (Wildman–Crippen MR) is 108 cm³/mol. The van der Waals surface area contributed by atoms with Crippen LogP contribution in [0.3, 0.4) is 0 Å². The molecule has 1 aliphatic heterocycles. The highest BCUT2D eigenvalue weighted by atomic mass is 35.5. The number of benzene rings is 2. The van der Waals surface area contributed by atoms with E-state index in [0.29, 0.717) is 41.1 Å². The number of nitrogens with zero attached hydrogens (tertiary/aromatic N) is 1. The van der Waals surface area contributed by atoms with Crippen molar-refractivity contribution in [2.24, 2.45) is 5.10 Å². The summed E-state index contributed by atoms with van der Waals surface area (Å²) in [5.41, 5.74) is 3.62. The van der Waals surface area contributed by atoms with E-state index in [2.05, 4.69) is 15.8 Å². The van der Waals surface area contributed by atoms with E-state index in [0.717, 1.165) is 0 Å². The molecule has 28 heavy (non-hydrogen) atoms. The number of halogens is 2. The van der Waals surface area contributed by atoms with Crippen LogP contribution in [0.4, 0.5) is 5.69 Å². The largest absolute Gasteiger partial charge is 0.486 e. The summed E-state index contributed by atoms with van der Waals surface area (Å²) in [5, 5.41) is 7.33. The number of amides is 2. The number of nitrogens with one attached hydrogen (secondary N) is 2. The van der Waals surface area contributed by atoms with Crippen LogP contribution < -0.4 is 20.2 Å². The van der Waals surface area contributed by atoms with E-state index < -0.39 is 5.91 Å². The van der Waals surface area contributed by atoms with Crippen molar-refractivity contribution in [3.63, 3.8) is 0 Å². The predicted octanol–water partition coefficient (Wildman–Crippen LogP) is 3.90. The van der Waals surface area contributed by atoms with Crippen LogP contribution in [0, 0.1) is 0 Å². The lowest BCUT2D eigenvalue weighted by Crippen LogP contribution is -2.22. The van der Waals surface area contributed by atoms with Crippen molar-refractivity contribution in [1.82, 2.24) is 5.43 Å². The lowest BCUT2D eigenvalue weighted by molar-refractivity contribution is -0.115. The fourth-order valence-corrected chi connectivity index (χ4v) is 2.97. The van der Waals surface area contributed by atoms with Gasteiger partial charge >= 0.3 is 0 Å². The maximum atomic E-state index is 12.2. The highest BCUT2D eigenvalue weighted by Crippen LogP contribution is 2.32. The Morgan fingerprint density at radius 1 is 1.07 bits per heavy atom. The van der Waals surface area contributed by atoms with Gasteiger partial charge in [-0.2, -0.15) is 5.10 Å². The summed E-state index contributed by atoms with van der Waals surface area (Å²) in [6, 6.07) is 9.68. The van der Waals surface area contributed by atoms with E-state index in [1.165, 1.54) is 12.1 Å². The Kier molecular flexibility index (Phi) is 6.38. The maximum absolute atomic E-state index is 12.2. The molecule has 2 amide bonds. The van der Waals surface area contributed by atoms with Gasteiger partial charge in [0.15, 0.2) is 11.5 Å². The lowest BCUT2D eigenvalue weighted by atomic mass is 10.2. The Bertz CT molecular complexity index is 947. The summed E-state index contributed by atoms with van der Waals surface area (Å²) in [6.45, 7) is 2.60. The van der Waals surface area contributed by atoms with Gasteiger partial charge in [-0.1, -0.05) is 23.2 Å². The third kappa shape index (κ3) is 5.15. The van der Waals surface area contributed by atoms with Gasteiger partial charge in [0.1, 0.15) is 13.2 Å². The van der Waals surface area contributed by atoms with E-state index in [9.17, 15) is 9.59 Å². The fourth-order valence-electron chi connectivity index (χ4n) is 2.48. The number of ether oxygens (including phenoxy) is 2. The van der Waals surface area contributed by atoms with Crippen molar-refractivity contribution in [2.75, 3.05) is 18.5 Å². The van der Waals surface area contributed by atoms with Crippen LogP contribution in [0.25, 0.3) is 0 Å². The highest BCUT2D eigenvalue weighted by molar-refractivity contribution is 6.36. The van der Waals surface area contributed by atoms with E-state index in [1.807, 2.05) is 0 Å². The number of carbonyl (C=O) groups excluding carboxylic acids is 2. The molecule has 2 aromatic rings. The first-order valence-corrected chi connectivity index (χ1v) is 9.16. The molecule has 0 saturated carbocycles. The molecule has 2 N–H and O–H groups in total. The van der Waals surface area contributed by atoms with Crippen molar-refractivity contribution >= 4 is 46.4 Å². The molecule has 7 nitrogen and oxygen atoms in total. The van der Waals surface area contributed by atoms with Crippen LogP contribution in [0.2, 0.25) is 10.0 Å². The molecule has 0 spiro atoms. The number of rotatable bonds is 5. The Balaban J connectivity index is 1.55. The minimum Gasteiger partial charge on any atom is -0.486 e. The van der Waals surface area contributed by atoms with Gasteiger partial charge in [-0.05, 0) is 37.3 Å². The zero-order valence-corrected chi connectivity index (χ0v) is 16.4. The molecule has 9 heteroatoms. The van der Waals surface area contributed by atoms with Gasteiger partial charge in [0.2, 0.25) is 5.91 Å². The first-order chi connectivity index (χ1) is 13.4. The Labute approximate surface area is 171 Å². The van der Waals surface area contributed by atoms with E-state index >= 15 is 0 Å². The molecule has 0 saturated heterocycles. The van der Waals surface area contributed by atoms with Gasteiger partial charge in [0.05, 0.1) is 17.0 Å². The van der Waals surface area contributed by atoms with Crippen molar-refractivity contribution in [1.29, 1.82) is 0 Å². The van der Waals surface area contributed by atoms with E-state index in [1.54, 1.807) is 31.2 Å². The van der Waals surface area contributed by atoms with Crippen LogP contribution in [-0.2, 0) is 4.79 Å². The van der Waals surface area contributed by atoms with Gasteiger partial charge in [-0.3, -0.25) is 9.59 Å². The average molecular weight is 422 g/mol. The van der Waals surface area contributed by atoms with Crippen LogP contribution in [0.5, 0.6) is 11.5 Å². The van der Waals surface area contributed by atoms with Crippen LogP contribution >= 0.6 is 23.2 Å². The Morgan fingerprint density at radius 3 is 2.57 bits per heavy atom. The van der Waals surface area contributed by atoms with Crippen molar-refractivity contribution in [3.05, 3.63) is 52.0 Å². The highest BCUT2D eigenvalue weighted by Gasteiger charge is 2.14. The number of carbonyl (C=O) groups is 2. The summed E-state index contributed by atoms with van der Waals surface area (Å²) >= 11 is 11.8. The normalized spacial score (nSPS) is 13.0. The van der Waals surface area contributed by atoms with Crippen molar-refractivity contribution < 1.29 is 19.1 Å². The van der Waals surface area contributed by atoms with Gasteiger partial charge in [-0.25, -0.2) is 5.43 Å². The molecule has 0 aromatic heterocycles. The summed E-state index contributed by atoms with van der Waals surface area (Å²) in [5.74, 6) is 0.456. The molecule has 2 aromatic carbocycles. The molecule has 1 aliphatic rings. The van der Waals surface area contributed by atoms with Crippen LogP contribution in [-0.4, -0.2) is 30.7 Å². The quantitative estimate of drug-likeness (QED) is 0.565. The zero-order valence-electron chi connectivity index (χ0n) is 14.9. The molecule has 0 radical (unpaired) electrons. The number of hydrazone groups is 1. The second kappa shape index (κ2) is 8.95. The molecular formula is C19H17Cl2N3O4. The second-order valence-electron chi connectivity index (χ2n) is 6.00. The molecule has 0 fully saturated rings. The van der Waals surface area contributed by atoms with Crippen molar-refractivity contribution in [2.45, 2.75) is 13.3 Å². The number of fused-ring (bicyclic) bond motifs is 1. The average Bonchev–Trinajstić information content (AvgIpc) is 2.66. The summed E-state index contributed by atoms with van der Waals surface area (Å²) in [6.07, 6.45) is 0.00305. The van der Waals surface area contributed by atoms with E-state index in [-0.39, 0.29) is 22.9 Å². The molecule has 1 heterocycles. The third-order valence-corrected chi connectivity index (χ3v) is 4.31. The van der Waals surface area contributed by atoms with Crippen molar-refractivity contribution in [3.8, 4) is 11.5 Å². The van der Waals surface area contributed by atoms with Gasteiger partial charge in [-0.15, -0.1) is 0 Å². The first-order valence-electron chi connectivity index (χ1n) is 8.40.